The van der Waals surface area contributed by atoms with Gasteiger partial charge in [0.2, 0.25) is 0 Å². The second kappa shape index (κ2) is 6.54. The lowest BCUT2D eigenvalue weighted by atomic mass is 9.98. The van der Waals surface area contributed by atoms with Gasteiger partial charge < -0.3 is 5.11 Å². The molecular formula is C18H15N3O. The van der Waals surface area contributed by atoms with Crippen molar-refractivity contribution in [2.24, 2.45) is 0 Å². The van der Waals surface area contributed by atoms with E-state index in [9.17, 15) is 5.11 Å². The first-order valence-electron chi connectivity index (χ1n) is 6.92. The lowest BCUT2D eigenvalue weighted by molar-refractivity contribution is 0.477. The highest BCUT2D eigenvalue weighted by molar-refractivity contribution is 5.97. The van der Waals surface area contributed by atoms with E-state index in [4.69, 9.17) is 0 Å². The smallest absolute Gasteiger partial charge is 0.123 e. The van der Waals surface area contributed by atoms with E-state index in [2.05, 4.69) is 33.6 Å². The summed E-state index contributed by atoms with van der Waals surface area (Å²) >= 11 is 0. The van der Waals surface area contributed by atoms with Crippen molar-refractivity contribution in [2.75, 3.05) is 0 Å². The summed E-state index contributed by atoms with van der Waals surface area (Å²) in [5.41, 5.74) is 1.95. The van der Waals surface area contributed by atoms with Crippen molar-refractivity contribution in [2.45, 2.75) is 0 Å². The van der Waals surface area contributed by atoms with Crippen LogP contribution in [0.3, 0.4) is 0 Å². The zero-order valence-corrected chi connectivity index (χ0v) is 11.8. The van der Waals surface area contributed by atoms with Crippen LogP contribution in [0.2, 0.25) is 0 Å². The summed E-state index contributed by atoms with van der Waals surface area (Å²) in [5.74, 6) is 0.323. The van der Waals surface area contributed by atoms with Crippen LogP contribution < -0.4 is 0 Å². The first-order valence-corrected chi connectivity index (χ1v) is 6.92. The van der Waals surface area contributed by atoms with Crippen molar-refractivity contribution < 1.29 is 5.11 Å². The average molecular weight is 289 g/mol. The molecule has 108 valence electrons. The number of phenolic OH excluding ortho intramolecular Hbond substituents is 1. The van der Waals surface area contributed by atoms with Crippen LogP contribution >= 0.6 is 0 Å². The molecule has 0 bridgehead atoms. The monoisotopic (exact) mass is 289 g/mol. The zero-order chi connectivity index (χ0) is 15.2. The standard InChI is InChI=1S/C16H12O.C2H3N3/c17-16-11-4-3-9-15(16)14-10-5-7-12-6-1-2-8-13(12)14;1-2-4-5-3-1/h1-11,17H;1-2H,(H,3,4,5). The summed E-state index contributed by atoms with van der Waals surface area (Å²) in [6, 6.07) is 21.8. The highest BCUT2D eigenvalue weighted by atomic mass is 16.3. The van der Waals surface area contributed by atoms with Gasteiger partial charge in [-0.05, 0) is 22.4 Å². The third kappa shape index (κ3) is 2.96. The lowest BCUT2D eigenvalue weighted by Crippen LogP contribution is -1.81. The third-order valence-electron chi connectivity index (χ3n) is 3.32. The van der Waals surface area contributed by atoms with Crippen molar-refractivity contribution in [3.8, 4) is 16.9 Å². The van der Waals surface area contributed by atoms with E-state index in [1.165, 1.54) is 5.39 Å². The number of nitrogens with zero attached hydrogens (tertiary/aromatic N) is 2. The Labute approximate surface area is 128 Å². The number of aromatic hydroxyl groups is 1. The molecule has 0 fully saturated rings. The molecule has 4 rings (SSSR count). The van der Waals surface area contributed by atoms with Crippen LogP contribution in [-0.4, -0.2) is 20.5 Å². The van der Waals surface area contributed by atoms with Crippen LogP contribution in [0.1, 0.15) is 0 Å². The highest BCUT2D eigenvalue weighted by Gasteiger charge is 2.06. The van der Waals surface area contributed by atoms with E-state index in [-0.39, 0.29) is 0 Å². The van der Waals surface area contributed by atoms with E-state index in [1.807, 2.05) is 42.5 Å². The predicted octanol–water partition coefficient (Wildman–Crippen LogP) is 4.02. The van der Waals surface area contributed by atoms with Gasteiger partial charge in [0.05, 0.1) is 12.4 Å². The summed E-state index contributed by atoms with van der Waals surface area (Å²) < 4.78 is 0. The summed E-state index contributed by atoms with van der Waals surface area (Å²) in [6.45, 7) is 0. The molecule has 22 heavy (non-hydrogen) atoms. The lowest BCUT2D eigenvalue weighted by Gasteiger charge is -2.08. The minimum absolute atomic E-state index is 0.323. The Morgan fingerprint density at radius 2 is 1.32 bits per heavy atom. The van der Waals surface area contributed by atoms with E-state index >= 15 is 0 Å². The molecule has 0 saturated carbocycles. The fourth-order valence-electron chi connectivity index (χ4n) is 2.33. The van der Waals surface area contributed by atoms with Crippen molar-refractivity contribution in [3.05, 3.63) is 79.1 Å². The molecule has 0 unspecified atom stereocenters. The van der Waals surface area contributed by atoms with Gasteiger partial charge in [-0.3, -0.25) is 0 Å². The molecule has 0 aliphatic rings. The maximum absolute atomic E-state index is 9.92. The van der Waals surface area contributed by atoms with Gasteiger partial charge in [-0.15, -0.1) is 0 Å². The van der Waals surface area contributed by atoms with Gasteiger partial charge in [0.15, 0.2) is 0 Å². The van der Waals surface area contributed by atoms with Gasteiger partial charge in [0.1, 0.15) is 5.75 Å². The Morgan fingerprint density at radius 1 is 0.682 bits per heavy atom. The molecule has 0 amide bonds. The summed E-state index contributed by atoms with van der Waals surface area (Å²) in [4.78, 5) is 0. The molecule has 2 N–H and O–H groups in total. The SMILES string of the molecule is Oc1ccccc1-c1cccc2ccccc12.c1cn[nH]n1. The van der Waals surface area contributed by atoms with Crippen LogP contribution in [0.15, 0.2) is 79.1 Å². The maximum Gasteiger partial charge on any atom is 0.123 e. The van der Waals surface area contributed by atoms with Crippen LogP contribution in [0.25, 0.3) is 21.9 Å². The Morgan fingerprint density at radius 3 is 2.05 bits per heavy atom. The quantitative estimate of drug-likeness (QED) is 0.556. The van der Waals surface area contributed by atoms with Crippen LogP contribution in [-0.2, 0) is 0 Å². The Balaban J connectivity index is 0.000000246. The number of rotatable bonds is 1. The molecule has 4 heteroatoms. The second-order valence-electron chi connectivity index (χ2n) is 4.70. The van der Waals surface area contributed by atoms with Crippen LogP contribution in [0.4, 0.5) is 0 Å². The molecule has 1 heterocycles. The first kappa shape index (κ1) is 13.8. The van der Waals surface area contributed by atoms with E-state index in [0.29, 0.717) is 5.75 Å². The molecular weight excluding hydrogens is 274 g/mol. The van der Waals surface area contributed by atoms with Crippen LogP contribution in [0, 0.1) is 0 Å². The number of aromatic nitrogens is 3. The zero-order valence-electron chi connectivity index (χ0n) is 11.8. The third-order valence-corrected chi connectivity index (χ3v) is 3.32. The Hall–Kier alpha value is -3.14. The molecule has 3 aromatic carbocycles. The number of hydrogen-bond acceptors (Lipinski definition) is 3. The van der Waals surface area contributed by atoms with Gasteiger partial charge in [-0.1, -0.05) is 60.7 Å². The maximum atomic E-state index is 9.92. The number of H-pyrrole nitrogens is 1. The molecule has 4 nitrogen and oxygen atoms in total. The van der Waals surface area contributed by atoms with Gasteiger partial charge in [-0.25, -0.2) is 0 Å². The summed E-state index contributed by atoms with van der Waals surface area (Å²) in [7, 11) is 0. The molecule has 0 aliphatic carbocycles. The van der Waals surface area contributed by atoms with Crippen molar-refractivity contribution in [1.82, 2.24) is 15.4 Å². The average Bonchev–Trinajstić information content (AvgIpc) is 3.15. The number of benzene rings is 3. The Kier molecular flexibility index (Phi) is 4.11. The largest absolute Gasteiger partial charge is 0.507 e. The highest BCUT2D eigenvalue weighted by Crippen LogP contribution is 2.33. The fourth-order valence-corrected chi connectivity index (χ4v) is 2.33. The summed E-state index contributed by atoms with van der Waals surface area (Å²) in [6.07, 6.45) is 3.17. The molecule has 0 spiro atoms. The number of para-hydroxylation sites is 1. The molecule has 1 aromatic heterocycles. The minimum atomic E-state index is 0.323. The van der Waals surface area contributed by atoms with E-state index < -0.39 is 0 Å². The molecule has 0 saturated heterocycles. The van der Waals surface area contributed by atoms with Gasteiger partial charge in [-0.2, -0.15) is 15.4 Å². The molecule has 0 atom stereocenters. The van der Waals surface area contributed by atoms with Crippen molar-refractivity contribution in [3.63, 3.8) is 0 Å². The normalized spacial score (nSPS) is 10.0. The number of hydrogen-bond donors (Lipinski definition) is 2. The second-order valence-corrected chi connectivity index (χ2v) is 4.70. The van der Waals surface area contributed by atoms with Crippen molar-refractivity contribution >= 4 is 10.8 Å². The van der Waals surface area contributed by atoms with Crippen LogP contribution in [0.5, 0.6) is 5.75 Å². The van der Waals surface area contributed by atoms with Gasteiger partial charge in [0, 0.05) is 5.56 Å². The van der Waals surface area contributed by atoms with E-state index in [0.717, 1.165) is 16.5 Å². The van der Waals surface area contributed by atoms with Crippen molar-refractivity contribution in [1.29, 1.82) is 0 Å². The van der Waals surface area contributed by atoms with Gasteiger partial charge in [0.25, 0.3) is 0 Å². The Bertz CT molecular complexity index is 835. The summed E-state index contributed by atoms with van der Waals surface area (Å²) in [5, 5.41) is 21.6. The molecule has 0 aliphatic heterocycles. The first-order chi connectivity index (χ1) is 10.9. The molecule has 4 aromatic rings. The molecule has 0 radical (unpaired) electrons. The minimum Gasteiger partial charge on any atom is -0.507 e. The van der Waals surface area contributed by atoms with E-state index in [1.54, 1.807) is 18.5 Å². The van der Waals surface area contributed by atoms with Gasteiger partial charge >= 0.3 is 0 Å². The number of nitrogens with one attached hydrogen (secondary N) is 1. The fraction of sp³-hybridized carbons (Fsp3) is 0. The number of fused-ring (bicyclic) bond motifs is 1. The predicted molar refractivity (Wildman–Crippen MR) is 87.4 cm³/mol. The topological polar surface area (TPSA) is 61.8 Å². The number of aromatic amines is 1. The number of phenols is 1.